The van der Waals surface area contributed by atoms with E-state index in [9.17, 15) is 30.0 Å². The first-order valence-electron chi connectivity index (χ1n) is 19.0. The van der Waals surface area contributed by atoms with Gasteiger partial charge in [-0.3, -0.25) is 9.59 Å². The molecular weight excluding hydrogens is 721 g/mol. The van der Waals surface area contributed by atoms with Crippen molar-refractivity contribution >= 4 is 56.3 Å². The average Bonchev–Trinajstić information content (AvgIpc) is 3.83. The van der Waals surface area contributed by atoms with Crippen molar-refractivity contribution in [2.75, 3.05) is 0 Å². The number of aryl methyl sites for hydroxylation is 2. The maximum absolute atomic E-state index is 11.6. The summed E-state index contributed by atoms with van der Waals surface area (Å²) in [6.45, 7) is 11.1. The largest absolute Gasteiger partial charge is 0.481 e. The number of allylic oxidation sites excluding steroid dienone is 4. The molecule has 5 heterocycles. The Labute approximate surface area is 331 Å². The van der Waals surface area contributed by atoms with Gasteiger partial charge in [-0.05, 0) is 136 Å². The highest BCUT2D eigenvalue weighted by Gasteiger charge is 2.23. The fraction of sp³-hybridized carbons (Fsp3) is 0.261. The number of rotatable bonds is 10. The molecule has 0 amide bonds. The van der Waals surface area contributed by atoms with E-state index in [-0.39, 0.29) is 25.7 Å². The zero-order valence-corrected chi connectivity index (χ0v) is 33.0. The first kappa shape index (κ1) is 40.4. The molecular formula is C46H48N4O7. The van der Waals surface area contributed by atoms with Crippen molar-refractivity contribution in [1.82, 2.24) is 19.9 Å². The summed E-state index contributed by atoms with van der Waals surface area (Å²) in [4.78, 5) is 39.8. The summed E-state index contributed by atoms with van der Waals surface area (Å²) in [6.07, 6.45) is -1.18. The van der Waals surface area contributed by atoms with Crippen molar-refractivity contribution in [3.63, 3.8) is 0 Å². The summed E-state index contributed by atoms with van der Waals surface area (Å²) in [5.74, 6) is -0.101. The fourth-order valence-corrected chi connectivity index (χ4v) is 7.43. The molecule has 2 aliphatic rings. The minimum absolute atomic E-state index is 0.0750. The number of aliphatic hydroxyl groups is 2. The maximum atomic E-state index is 11.6. The summed E-state index contributed by atoms with van der Waals surface area (Å²) in [6, 6.07) is 27.0. The number of hydrogen-bond donors (Lipinski definition) is 6. The van der Waals surface area contributed by atoms with Gasteiger partial charge in [0, 0.05) is 46.0 Å². The van der Waals surface area contributed by atoms with Crippen LogP contribution in [0.1, 0.15) is 111 Å². The lowest BCUT2D eigenvalue weighted by atomic mass is 9.98. The monoisotopic (exact) mass is 768 g/mol. The van der Waals surface area contributed by atoms with Crippen LogP contribution in [-0.2, 0) is 9.59 Å². The van der Waals surface area contributed by atoms with Crippen LogP contribution in [0.3, 0.4) is 0 Å². The molecule has 0 saturated heterocycles. The van der Waals surface area contributed by atoms with Gasteiger partial charge in [0.2, 0.25) is 0 Å². The minimum atomic E-state index is -0.921. The van der Waals surface area contributed by atoms with Gasteiger partial charge in [-0.2, -0.15) is 0 Å². The first-order chi connectivity index (χ1) is 27.2. The molecule has 7 rings (SSSR count). The highest BCUT2D eigenvalue weighted by molar-refractivity contribution is 5.96. The van der Waals surface area contributed by atoms with Crippen molar-refractivity contribution in [3.05, 3.63) is 130 Å². The summed E-state index contributed by atoms with van der Waals surface area (Å²) in [5, 5.41) is 40.5. The zero-order valence-electron chi connectivity index (χ0n) is 33.0. The molecule has 6 N–H and O–H groups in total. The molecule has 0 radical (unpaired) electrons. The van der Waals surface area contributed by atoms with Crippen molar-refractivity contribution in [1.29, 1.82) is 0 Å². The van der Waals surface area contributed by atoms with Gasteiger partial charge in [-0.25, -0.2) is 9.97 Å². The Morgan fingerprint density at radius 2 is 0.965 bits per heavy atom. The van der Waals surface area contributed by atoms with Crippen LogP contribution in [0.25, 0.3) is 44.4 Å². The average molecular weight is 769 g/mol. The number of para-hydroxylation sites is 2. The molecule has 0 fully saturated rings. The van der Waals surface area contributed by atoms with Crippen LogP contribution in [0.5, 0.6) is 11.5 Å². The van der Waals surface area contributed by atoms with Crippen LogP contribution in [-0.4, -0.2) is 52.3 Å². The van der Waals surface area contributed by atoms with Crippen molar-refractivity contribution < 1.29 is 34.8 Å². The quantitative estimate of drug-likeness (QED) is 0.0805. The van der Waals surface area contributed by atoms with Crippen LogP contribution in [0.2, 0.25) is 0 Å². The van der Waals surface area contributed by atoms with Gasteiger partial charge >= 0.3 is 11.9 Å². The van der Waals surface area contributed by atoms with Gasteiger partial charge in [0.25, 0.3) is 0 Å². The number of aliphatic hydroxyl groups excluding tert-OH is 2. The number of fused-ring (bicyclic) bond motifs is 8. The first-order valence-corrected chi connectivity index (χ1v) is 19.0. The normalized spacial score (nSPS) is 13.5. The van der Waals surface area contributed by atoms with Gasteiger partial charge in [0.15, 0.2) is 0 Å². The molecule has 11 heteroatoms. The number of benzene rings is 2. The minimum Gasteiger partial charge on any atom is -0.481 e. The van der Waals surface area contributed by atoms with Gasteiger partial charge in [-0.1, -0.05) is 36.4 Å². The lowest BCUT2D eigenvalue weighted by Gasteiger charge is -2.05. The van der Waals surface area contributed by atoms with Crippen molar-refractivity contribution in [2.24, 2.45) is 0 Å². The van der Waals surface area contributed by atoms with E-state index >= 15 is 0 Å². The number of H-pyrrole nitrogens is 2. The van der Waals surface area contributed by atoms with Gasteiger partial charge in [-0.15, -0.1) is 0 Å². The molecule has 2 aliphatic heterocycles. The predicted octanol–water partition coefficient (Wildman–Crippen LogP) is 10.1. The molecule has 0 spiro atoms. The fourth-order valence-electron chi connectivity index (χ4n) is 7.43. The molecule has 0 saturated carbocycles. The molecule has 2 unspecified atom stereocenters. The van der Waals surface area contributed by atoms with E-state index in [0.29, 0.717) is 39.4 Å². The number of ether oxygens (including phenoxy) is 1. The molecule has 3 aromatic heterocycles. The molecule has 294 valence electrons. The van der Waals surface area contributed by atoms with E-state index in [4.69, 9.17) is 14.7 Å². The second-order valence-electron chi connectivity index (χ2n) is 14.4. The summed E-state index contributed by atoms with van der Waals surface area (Å²) in [7, 11) is 0. The molecule has 57 heavy (non-hydrogen) atoms. The smallest absolute Gasteiger partial charge is 0.303 e. The van der Waals surface area contributed by atoms with E-state index in [0.717, 1.165) is 61.5 Å². The number of carbonyl (C=O) groups is 2. The Balaban J connectivity index is 0.000000355. The van der Waals surface area contributed by atoms with E-state index in [1.54, 1.807) is 13.8 Å². The number of carboxylic acid groups (broad SMARTS) is 2. The van der Waals surface area contributed by atoms with Crippen LogP contribution in [0.15, 0.2) is 84.9 Å². The number of aromatic nitrogens is 4. The Bertz CT molecular complexity index is 2510. The second kappa shape index (κ2) is 17.2. The predicted molar refractivity (Wildman–Crippen MR) is 223 cm³/mol. The topological polar surface area (TPSA) is 182 Å². The van der Waals surface area contributed by atoms with Gasteiger partial charge < -0.3 is 35.1 Å². The SMILES string of the molecule is CC1=C(CCC(=O)O)c2cc3nc(cc4[nH]c(cc5[nH]c(cc1n2)c(C)c5C(C)O)c(C)c4C(C)O)C(C)=C3CCC(=O)O.c1ccc(Oc2ccccc2)cc1. The van der Waals surface area contributed by atoms with Crippen LogP contribution < -0.4 is 4.74 Å². The number of nitrogens with one attached hydrogen (secondary N) is 2. The Morgan fingerprint density at radius 1 is 0.579 bits per heavy atom. The molecule has 11 nitrogen and oxygen atoms in total. The van der Waals surface area contributed by atoms with E-state index < -0.39 is 24.1 Å². The number of carboxylic acids is 2. The maximum Gasteiger partial charge on any atom is 0.303 e. The summed E-state index contributed by atoms with van der Waals surface area (Å²) < 4.78 is 5.58. The second-order valence-corrected chi connectivity index (χ2v) is 14.4. The number of hydrogen-bond acceptors (Lipinski definition) is 7. The summed E-state index contributed by atoms with van der Waals surface area (Å²) in [5.41, 5.74) is 11.7. The number of aliphatic carboxylic acids is 2. The number of nitrogens with zero attached hydrogens (tertiary/aromatic N) is 2. The molecule has 2 atom stereocenters. The van der Waals surface area contributed by atoms with E-state index in [1.807, 2.05) is 113 Å². The lowest BCUT2D eigenvalue weighted by molar-refractivity contribution is -0.137. The van der Waals surface area contributed by atoms with Gasteiger partial charge in [0.05, 0.1) is 35.0 Å². The van der Waals surface area contributed by atoms with Crippen molar-refractivity contribution in [2.45, 2.75) is 79.4 Å². The summed E-state index contributed by atoms with van der Waals surface area (Å²) >= 11 is 0. The Kier molecular flexibility index (Phi) is 12.2. The zero-order chi connectivity index (χ0) is 41.0. The van der Waals surface area contributed by atoms with Crippen LogP contribution in [0.4, 0.5) is 0 Å². The van der Waals surface area contributed by atoms with Crippen molar-refractivity contribution in [3.8, 4) is 11.5 Å². The third kappa shape index (κ3) is 9.06. The molecule has 8 bridgehead atoms. The standard InChI is InChI=1S/C34H38N4O6.C12H10O/c1-15-21(7-9-31(41)42)27-14-28-22(8-10-32(43)44)16(2)24(36-28)12-29-34(20(6)40)18(4)26(38-29)13-30-33(19(5)39)17(3)25(37-30)11-23(15)35-27;1-3-7-11(8-4-1)13-12-9-5-2-6-10-12/h11-14,19-20,37-40H,7-10H2,1-6H3,(H,41,42)(H,43,44);1-10H. The molecule has 0 aliphatic carbocycles. The third-order valence-electron chi connectivity index (χ3n) is 10.4. The Hall–Kier alpha value is -6.30. The molecule has 2 aromatic carbocycles. The molecule has 5 aromatic rings. The van der Waals surface area contributed by atoms with Gasteiger partial charge in [0.1, 0.15) is 11.5 Å². The highest BCUT2D eigenvalue weighted by atomic mass is 16.5. The number of aromatic amines is 2. The van der Waals surface area contributed by atoms with E-state index in [2.05, 4.69) is 9.97 Å². The van der Waals surface area contributed by atoms with Crippen LogP contribution >= 0.6 is 0 Å². The van der Waals surface area contributed by atoms with E-state index in [1.165, 1.54) is 0 Å². The lowest BCUT2D eigenvalue weighted by Crippen LogP contribution is -1.97. The Morgan fingerprint density at radius 3 is 1.37 bits per heavy atom. The van der Waals surface area contributed by atoms with Crippen LogP contribution in [0, 0.1) is 13.8 Å². The third-order valence-corrected chi connectivity index (χ3v) is 10.4. The highest BCUT2D eigenvalue weighted by Crippen LogP contribution is 2.39.